The summed E-state index contributed by atoms with van der Waals surface area (Å²) in [6, 6.07) is 9.53. The average molecular weight is 341 g/mol. The van der Waals surface area contributed by atoms with E-state index >= 15 is 0 Å². The Morgan fingerprint density at radius 3 is 3.00 bits per heavy atom. The predicted molar refractivity (Wildman–Crippen MR) is 96.0 cm³/mol. The highest BCUT2D eigenvalue weighted by Crippen LogP contribution is 2.29. The van der Waals surface area contributed by atoms with Crippen LogP contribution in [0.5, 0.6) is 5.75 Å². The lowest BCUT2D eigenvalue weighted by Gasteiger charge is -2.17. The van der Waals surface area contributed by atoms with Crippen LogP contribution in [0, 0.1) is 0 Å². The van der Waals surface area contributed by atoms with Crippen LogP contribution in [0.3, 0.4) is 0 Å². The fourth-order valence-corrected chi connectivity index (χ4v) is 3.80. The van der Waals surface area contributed by atoms with Crippen molar-refractivity contribution < 1.29 is 4.74 Å². The van der Waals surface area contributed by atoms with Gasteiger partial charge in [-0.15, -0.1) is 11.3 Å². The van der Waals surface area contributed by atoms with Crippen molar-refractivity contribution in [3.63, 3.8) is 0 Å². The fraction of sp³-hybridized carbons (Fsp3) is 0.333. The fourth-order valence-electron chi connectivity index (χ4n) is 3.07. The van der Waals surface area contributed by atoms with Gasteiger partial charge >= 0.3 is 0 Å². The number of para-hydroxylation sites is 2. The first-order valence-corrected chi connectivity index (χ1v) is 9.13. The Hall–Kier alpha value is -2.34. The molecule has 0 spiro atoms. The third-order valence-corrected chi connectivity index (χ3v) is 5.06. The molecule has 24 heavy (non-hydrogen) atoms. The van der Waals surface area contributed by atoms with Gasteiger partial charge in [-0.25, -0.2) is 4.98 Å². The van der Waals surface area contributed by atoms with E-state index in [-0.39, 0.29) is 5.56 Å². The van der Waals surface area contributed by atoms with Crippen molar-refractivity contribution in [1.29, 1.82) is 0 Å². The number of nitrogens with zero attached hydrogens (tertiary/aromatic N) is 2. The number of thiazole rings is 1. The lowest BCUT2D eigenvalue weighted by molar-refractivity contribution is 0.211. The second kappa shape index (κ2) is 6.65. The second-order valence-corrected chi connectivity index (χ2v) is 6.89. The molecule has 0 aliphatic heterocycles. The van der Waals surface area contributed by atoms with E-state index in [2.05, 4.69) is 10.3 Å². The Balaban J connectivity index is 1.51. The molecule has 1 aliphatic rings. The lowest BCUT2D eigenvalue weighted by atomic mass is 10.2. The second-order valence-electron chi connectivity index (χ2n) is 6.02. The quantitative estimate of drug-likeness (QED) is 0.769. The molecule has 5 nitrogen and oxygen atoms in total. The maximum Gasteiger partial charge on any atom is 0.258 e. The Kier molecular flexibility index (Phi) is 4.21. The van der Waals surface area contributed by atoms with Gasteiger partial charge in [0.1, 0.15) is 5.75 Å². The zero-order chi connectivity index (χ0) is 16.4. The van der Waals surface area contributed by atoms with Crippen LogP contribution in [0.15, 0.2) is 46.7 Å². The zero-order valence-corrected chi connectivity index (χ0v) is 14.1. The van der Waals surface area contributed by atoms with E-state index in [0.29, 0.717) is 12.6 Å². The Labute approximate surface area is 143 Å². The van der Waals surface area contributed by atoms with Crippen molar-refractivity contribution in [2.24, 2.45) is 0 Å². The van der Waals surface area contributed by atoms with Gasteiger partial charge < -0.3 is 10.1 Å². The summed E-state index contributed by atoms with van der Waals surface area (Å²) in [5, 5.41) is 5.22. The number of benzene rings is 1. The number of ether oxygens (including phenoxy) is 1. The Morgan fingerprint density at radius 2 is 2.12 bits per heavy atom. The molecule has 124 valence electrons. The van der Waals surface area contributed by atoms with Crippen molar-refractivity contribution in [3.05, 3.63) is 58.0 Å². The van der Waals surface area contributed by atoms with Crippen molar-refractivity contribution >= 4 is 22.0 Å². The highest BCUT2D eigenvalue weighted by molar-refractivity contribution is 7.15. The van der Waals surface area contributed by atoms with Gasteiger partial charge in [0, 0.05) is 17.6 Å². The summed E-state index contributed by atoms with van der Waals surface area (Å²) in [6.07, 6.45) is 6.81. The molecule has 2 aromatic heterocycles. The van der Waals surface area contributed by atoms with Gasteiger partial charge in [-0.1, -0.05) is 12.1 Å². The predicted octanol–water partition coefficient (Wildman–Crippen LogP) is 3.69. The van der Waals surface area contributed by atoms with E-state index in [1.165, 1.54) is 24.2 Å². The number of hydrogen-bond donors (Lipinski definition) is 1. The number of fused-ring (bicyclic) bond motifs is 1. The third-order valence-electron chi connectivity index (χ3n) is 4.30. The molecule has 0 bridgehead atoms. The highest BCUT2D eigenvalue weighted by Gasteiger charge is 2.17. The number of hydrogen-bond acceptors (Lipinski definition) is 5. The molecule has 1 fully saturated rings. The summed E-state index contributed by atoms with van der Waals surface area (Å²) in [7, 11) is 0. The van der Waals surface area contributed by atoms with E-state index in [0.717, 1.165) is 34.9 Å². The maximum absolute atomic E-state index is 12.0. The molecule has 0 unspecified atom stereocenters. The van der Waals surface area contributed by atoms with Gasteiger partial charge in [-0.2, -0.15) is 0 Å². The van der Waals surface area contributed by atoms with Crippen LogP contribution in [0.4, 0.5) is 5.69 Å². The van der Waals surface area contributed by atoms with Gasteiger partial charge in [-0.05, 0) is 37.8 Å². The molecule has 6 heteroatoms. The first-order chi connectivity index (χ1) is 11.8. The summed E-state index contributed by atoms with van der Waals surface area (Å²) >= 11 is 1.46. The first-order valence-electron chi connectivity index (χ1n) is 8.25. The molecule has 1 aliphatic carbocycles. The monoisotopic (exact) mass is 341 g/mol. The van der Waals surface area contributed by atoms with Crippen LogP contribution < -0.4 is 15.6 Å². The van der Waals surface area contributed by atoms with Crippen LogP contribution in [-0.2, 0) is 6.54 Å². The van der Waals surface area contributed by atoms with Crippen LogP contribution >= 0.6 is 11.3 Å². The van der Waals surface area contributed by atoms with Crippen LogP contribution in [0.2, 0.25) is 0 Å². The number of rotatable bonds is 5. The molecule has 1 aromatic carbocycles. The molecule has 1 saturated carbocycles. The van der Waals surface area contributed by atoms with E-state index in [1.54, 1.807) is 16.7 Å². The van der Waals surface area contributed by atoms with Crippen molar-refractivity contribution in [2.75, 3.05) is 5.32 Å². The summed E-state index contributed by atoms with van der Waals surface area (Å²) < 4.78 is 7.69. The molecule has 0 atom stereocenters. The van der Waals surface area contributed by atoms with E-state index in [9.17, 15) is 4.79 Å². The smallest absolute Gasteiger partial charge is 0.258 e. The SMILES string of the molecule is O=c1cc(CNc2ccccc2OC2CCCC2)nc2sccn12. The molecule has 0 amide bonds. The van der Waals surface area contributed by atoms with Crippen LogP contribution in [0.1, 0.15) is 31.4 Å². The number of nitrogens with one attached hydrogen (secondary N) is 1. The topological polar surface area (TPSA) is 55.6 Å². The molecule has 2 heterocycles. The number of anilines is 1. The van der Waals surface area contributed by atoms with Gasteiger partial charge in [0.15, 0.2) is 4.96 Å². The van der Waals surface area contributed by atoms with Crippen molar-refractivity contribution in [3.8, 4) is 5.75 Å². The third kappa shape index (κ3) is 3.14. The van der Waals surface area contributed by atoms with Gasteiger partial charge in [0.25, 0.3) is 5.56 Å². The van der Waals surface area contributed by atoms with E-state index in [1.807, 2.05) is 29.6 Å². The minimum atomic E-state index is -0.0476. The van der Waals surface area contributed by atoms with Crippen molar-refractivity contribution in [2.45, 2.75) is 38.3 Å². The first kappa shape index (κ1) is 15.2. The minimum absolute atomic E-state index is 0.0476. The van der Waals surface area contributed by atoms with E-state index in [4.69, 9.17) is 4.74 Å². The molecule has 3 aromatic rings. The zero-order valence-electron chi connectivity index (χ0n) is 13.3. The standard InChI is InChI=1S/C18H19N3O2S/c22-17-11-13(20-18-21(17)9-10-24-18)12-19-15-7-3-4-8-16(15)23-14-5-1-2-6-14/h3-4,7-11,14,19H,1-2,5-6,12H2. The average Bonchev–Trinajstić information content (AvgIpc) is 3.25. The van der Waals surface area contributed by atoms with Gasteiger partial charge in [-0.3, -0.25) is 9.20 Å². The normalized spacial score (nSPS) is 15.0. The Bertz CT molecular complexity index is 896. The summed E-state index contributed by atoms with van der Waals surface area (Å²) in [4.78, 5) is 17.3. The molecule has 1 N–H and O–H groups in total. The molecule has 0 saturated heterocycles. The van der Waals surface area contributed by atoms with E-state index < -0.39 is 0 Å². The molecule has 4 rings (SSSR count). The Morgan fingerprint density at radius 1 is 1.29 bits per heavy atom. The summed E-state index contributed by atoms with van der Waals surface area (Å²) in [5.41, 5.74) is 1.63. The van der Waals surface area contributed by atoms with Crippen molar-refractivity contribution in [1.82, 2.24) is 9.38 Å². The maximum atomic E-state index is 12.0. The van der Waals surface area contributed by atoms with Crippen LogP contribution in [-0.4, -0.2) is 15.5 Å². The number of aromatic nitrogens is 2. The minimum Gasteiger partial charge on any atom is -0.488 e. The van der Waals surface area contributed by atoms with Gasteiger partial charge in [0.05, 0.1) is 24.0 Å². The van der Waals surface area contributed by atoms with Crippen LogP contribution in [0.25, 0.3) is 4.96 Å². The van der Waals surface area contributed by atoms with Gasteiger partial charge in [0.2, 0.25) is 0 Å². The highest BCUT2D eigenvalue weighted by atomic mass is 32.1. The molecular formula is C18H19N3O2S. The molecular weight excluding hydrogens is 322 g/mol. The molecule has 0 radical (unpaired) electrons. The largest absolute Gasteiger partial charge is 0.488 e. The summed E-state index contributed by atoms with van der Waals surface area (Å²) in [6.45, 7) is 0.495. The lowest BCUT2D eigenvalue weighted by Crippen LogP contribution is -2.15. The summed E-state index contributed by atoms with van der Waals surface area (Å²) in [5.74, 6) is 0.873.